The summed E-state index contributed by atoms with van der Waals surface area (Å²) in [5.41, 5.74) is 1.85. The van der Waals surface area contributed by atoms with Crippen molar-refractivity contribution in [1.82, 2.24) is 0 Å². The Balaban J connectivity index is 2.70. The van der Waals surface area contributed by atoms with E-state index in [9.17, 15) is 0 Å². The van der Waals surface area contributed by atoms with Gasteiger partial charge in [0.25, 0.3) is 0 Å². The molecule has 0 radical (unpaired) electrons. The van der Waals surface area contributed by atoms with Crippen molar-refractivity contribution >= 4 is 27.1 Å². The van der Waals surface area contributed by atoms with Gasteiger partial charge in [-0.05, 0) is 12.1 Å². The number of benzene rings is 1. The minimum absolute atomic E-state index is 0.766. The van der Waals surface area contributed by atoms with Crippen LogP contribution in [0.2, 0.25) is 0 Å². The third kappa shape index (κ3) is 1.25. The Morgan fingerprint density at radius 2 is 2.31 bits per heavy atom. The van der Waals surface area contributed by atoms with Crippen LogP contribution in [0.25, 0.3) is 10.1 Å². The van der Waals surface area contributed by atoms with Crippen molar-refractivity contribution in [3.8, 4) is 6.07 Å². The van der Waals surface area contributed by atoms with E-state index < -0.39 is 0 Å². The third-order valence-electron chi connectivity index (χ3n) is 1.98. The molecule has 0 unspecified atom stereocenters. The van der Waals surface area contributed by atoms with Crippen molar-refractivity contribution in [2.24, 2.45) is 0 Å². The summed E-state index contributed by atoms with van der Waals surface area (Å²) >= 11 is 1.61. The number of hydrogen-bond acceptors (Lipinski definition) is 3. The molecule has 1 heterocycles. The molecule has 2 nitrogen and oxygen atoms in total. The standard InChI is InChI=1S/C10H8N2S/c1-12-8-2-3-9-7(5-11)6-13-10(9)4-8/h2-4,6,12H,1H3. The molecule has 0 aliphatic heterocycles. The van der Waals surface area contributed by atoms with E-state index in [1.165, 1.54) is 0 Å². The molecule has 2 rings (SSSR count). The molecule has 1 N–H and O–H groups in total. The average Bonchev–Trinajstić information content (AvgIpc) is 2.59. The molecule has 0 aliphatic carbocycles. The summed E-state index contributed by atoms with van der Waals surface area (Å²) in [4.78, 5) is 0. The Kier molecular flexibility index (Phi) is 1.91. The van der Waals surface area contributed by atoms with Gasteiger partial charge >= 0.3 is 0 Å². The van der Waals surface area contributed by atoms with E-state index in [2.05, 4.69) is 17.5 Å². The fourth-order valence-corrected chi connectivity index (χ4v) is 2.19. The van der Waals surface area contributed by atoms with Crippen molar-refractivity contribution in [2.45, 2.75) is 0 Å². The second kappa shape index (κ2) is 3.08. The smallest absolute Gasteiger partial charge is 0.101 e. The highest BCUT2D eigenvalue weighted by atomic mass is 32.1. The Bertz CT molecular complexity index is 479. The maximum absolute atomic E-state index is 8.79. The molecule has 64 valence electrons. The van der Waals surface area contributed by atoms with Gasteiger partial charge in [0, 0.05) is 28.2 Å². The highest BCUT2D eigenvalue weighted by molar-refractivity contribution is 7.17. The summed E-state index contributed by atoms with van der Waals surface area (Å²) in [6.45, 7) is 0. The van der Waals surface area contributed by atoms with Crippen LogP contribution in [0.15, 0.2) is 23.6 Å². The molecule has 1 aromatic carbocycles. The second-order valence-electron chi connectivity index (χ2n) is 2.72. The molecule has 2 aromatic rings. The molecule has 0 atom stereocenters. The lowest BCUT2D eigenvalue weighted by molar-refractivity contribution is 1.51. The first-order chi connectivity index (χ1) is 6.35. The van der Waals surface area contributed by atoms with Crippen molar-refractivity contribution in [1.29, 1.82) is 5.26 Å². The Morgan fingerprint density at radius 1 is 1.46 bits per heavy atom. The zero-order valence-corrected chi connectivity index (χ0v) is 7.98. The van der Waals surface area contributed by atoms with E-state index in [0.717, 1.165) is 21.3 Å². The summed E-state index contributed by atoms with van der Waals surface area (Å²) in [5, 5.41) is 14.8. The van der Waals surface area contributed by atoms with E-state index in [1.54, 1.807) is 11.3 Å². The lowest BCUT2D eigenvalue weighted by Gasteiger charge is -1.98. The molecule has 0 fully saturated rings. The van der Waals surface area contributed by atoms with Crippen LogP contribution in [0.1, 0.15) is 5.56 Å². The largest absolute Gasteiger partial charge is 0.388 e. The first kappa shape index (κ1) is 8.09. The van der Waals surface area contributed by atoms with Crippen LogP contribution in [0.5, 0.6) is 0 Å². The molecule has 0 spiro atoms. The number of nitrogens with zero attached hydrogens (tertiary/aromatic N) is 1. The zero-order chi connectivity index (χ0) is 9.26. The van der Waals surface area contributed by atoms with E-state index in [4.69, 9.17) is 5.26 Å². The molecule has 3 heteroatoms. The van der Waals surface area contributed by atoms with E-state index in [-0.39, 0.29) is 0 Å². The number of hydrogen-bond donors (Lipinski definition) is 1. The Morgan fingerprint density at radius 3 is 3.00 bits per heavy atom. The van der Waals surface area contributed by atoms with Crippen LogP contribution in [-0.4, -0.2) is 7.05 Å². The summed E-state index contributed by atoms with van der Waals surface area (Å²) < 4.78 is 1.16. The minimum Gasteiger partial charge on any atom is -0.388 e. The van der Waals surface area contributed by atoms with Crippen molar-refractivity contribution < 1.29 is 0 Å². The van der Waals surface area contributed by atoms with Gasteiger partial charge in [0.15, 0.2) is 0 Å². The first-order valence-electron chi connectivity index (χ1n) is 3.94. The van der Waals surface area contributed by atoms with Gasteiger partial charge in [-0.25, -0.2) is 0 Å². The fourth-order valence-electron chi connectivity index (χ4n) is 1.27. The molecule has 0 bridgehead atoms. The van der Waals surface area contributed by atoms with Gasteiger partial charge in [-0.2, -0.15) is 5.26 Å². The van der Waals surface area contributed by atoms with E-state index in [0.29, 0.717) is 0 Å². The Hall–Kier alpha value is -1.53. The maximum Gasteiger partial charge on any atom is 0.101 e. The SMILES string of the molecule is CNc1ccc2c(C#N)csc2c1. The maximum atomic E-state index is 8.79. The molecule has 0 saturated heterocycles. The third-order valence-corrected chi connectivity index (χ3v) is 2.93. The normalized spacial score (nSPS) is 9.85. The predicted octanol–water partition coefficient (Wildman–Crippen LogP) is 2.81. The molecule has 0 amide bonds. The van der Waals surface area contributed by atoms with Gasteiger partial charge in [0.2, 0.25) is 0 Å². The monoisotopic (exact) mass is 188 g/mol. The van der Waals surface area contributed by atoms with Gasteiger partial charge in [0.05, 0.1) is 5.56 Å². The number of anilines is 1. The first-order valence-corrected chi connectivity index (χ1v) is 4.82. The average molecular weight is 188 g/mol. The number of rotatable bonds is 1. The number of nitrogens with one attached hydrogen (secondary N) is 1. The lowest BCUT2D eigenvalue weighted by atomic mass is 10.2. The lowest BCUT2D eigenvalue weighted by Crippen LogP contribution is -1.85. The van der Waals surface area contributed by atoms with Crippen LogP contribution in [0, 0.1) is 11.3 Å². The number of nitriles is 1. The molecular formula is C10H8N2S. The number of thiophene rings is 1. The van der Waals surface area contributed by atoms with E-state index in [1.807, 2.05) is 24.6 Å². The molecule has 13 heavy (non-hydrogen) atoms. The summed E-state index contributed by atoms with van der Waals surface area (Å²) in [7, 11) is 1.89. The minimum atomic E-state index is 0.766. The van der Waals surface area contributed by atoms with E-state index >= 15 is 0 Å². The predicted molar refractivity (Wildman–Crippen MR) is 56.1 cm³/mol. The van der Waals surface area contributed by atoms with Crippen LogP contribution < -0.4 is 5.32 Å². The molecule has 0 saturated carbocycles. The summed E-state index contributed by atoms with van der Waals surface area (Å²) in [6, 6.07) is 8.20. The van der Waals surface area contributed by atoms with Gasteiger partial charge < -0.3 is 5.32 Å². The van der Waals surface area contributed by atoms with Gasteiger partial charge in [-0.1, -0.05) is 6.07 Å². The van der Waals surface area contributed by atoms with Crippen LogP contribution in [0.4, 0.5) is 5.69 Å². The van der Waals surface area contributed by atoms with Crippen molar-refractivity contribution in [2.75, 3.05) is 12.4 Å². The fraction of sp³-hybridized carbons (Fsp3) is 0.100. The molecule has 1 aromatic heterocycles. The number of fused-ring (bicyclic) bond motifs is 1. The quantitative estimate of drug-likeness (QED) is 0.747. The van der Waals surface area contributed by atoms with Crippen molar-refractivity contribution in [3.63, 3.8) is 0 Å². The highest BCUT2D eigenvalue weighted by Crippen LogP contribution is 2.27. The summed E-state index contributed by atoms with van der Waals surface area (Å²) in [5.74, 6) is 0. The van der Waals surface area contributed by atoms with Gasteiger partial charge in [0.1, 0.15) is 6.07 Å². The van der Waals surface area contributed by atoms with Gasteiger partial charge in [-0.3, -0.25) is 0 Å². The zero-order valence-electron chi connectivity index (χ0n) is 7.16. The van der Waals surface area contributed by atoms with Crippen LogP contribution in [0.3, 0.4) is 0 Å². The molecule has 0 aliphatic rings. The van der Waals surface area contributed by atoms with Crippen molar-refractivity contribution in [3.05, 3.63) is 29.1 Å². The Labute approximate surface area is 80.4 Å². The van der Waals surface area contributed by atoms with Crippen LogP contribution in [-0.2, 0) is 0 Å². The summed E-state index contributed by atoms with van der Waals surface area (Å²) in [6.07, 6.45) is 0. The van der Waals surface area contributed by atoms with Crippen LogP contribution >= 0.6 is 11.3 Å². The highest BCUT2D eigenvalue weighted by Gasteiger charge is 2.02. The van der Waals surface area contributed by atoms with Gasteiger partial charge in [-0.15, -0.1) is 11.3 Å². The topological polar surface area (TPSA) is 35.8 Å². The molecular weight excluding hydrogens is 180 g/mol. The second-order valence-corrected chi connectivity index (χ2v) is 3.63.